The Morgan fingerprint density at radius 1 is 0.964 bits per heavy atom. The van der Waals surface area contributed by atoms with Gasteiger partial charge in [-0.3, -0.25) is 9.67 Å². The van der Waals surface area contributed by atoms with E-state index in [1.807, 2.05) is 36.1 Å². The number of pyridine rings is 1. The Kier molecular flexibility index (Phi) is 4.20. The first-order valence-corrected chi connectivity index (χ1v) is 9.66. The van der Waals surface area contributed by atoms with E-state index in [2.05, 4.69) is 43.9 Å². The number of aryl methyl sites for hydroxylation is 2. The molecule has 1 aromatic carbocycles. The summed E-state index contributed by atoms with van der Waals surface area (Å²) in [5, 5.41) is 19.5. The first kappa shape index (κ1) is 16.8. The molecule has 1 aliphatic carbocycles. The summed E-state index contributed by atoms with van der Waals surface area (Å²) in [7, 11) is 1.97. The van der Waals surface area contributed by atoms with Crippen molar-refractivity contribution in [2.45, 2.75) is 32.1 Å². The summed E-state index contributed by atoms with van der Waals surface area (Å²) in [5.41, 5.74) is 7.53. The number of nitrogens with one attached hydrogen (secondary N) is 1. The van der Waals surface area contributed by atoms with Crippen LogP contribution >= 0.6 is 0 Å². The molecule has 0 amide bonds. The van der Waals surface area contributed by atoms with Crippen LogP contribution in [0.15, 0.2) is 42.6 Å². The summed E-state index contributed by atoms with van der Waals surface area (Å²) < 4.78 is 1.92. The highest BCUT2D eigenvalue weighted by Gasteiger charge is 2.27. The van der Waals surface area contributed by atoms with E-state index in [-0.39, 0.29) is 0 Å². The van der Waals surface area contributed by atoms with Crippen molar-refractivity contribution in [2.24, 2.45) is 7.05 Å². The molecule has 3 heterocycles. The average molecular weight is 371 g/mol. The molecule has 3 aromatic heterocycles. The van der Waals surface area contributed by atoms with E-state index in [4.69, 9.17) is 4.98 Å². The van der Waals surface area contributed by atoms with Gasteiger partial charge in [0.15, 0.2) is 0 Å². The van der Waals surface area contributed by atoms with Crippen LogP contribution in [0.2, 0.25) is 0 Å². The quantitative estimate of drug-likeness (QED) is 0.556. The zero-order valence-electron chi connectivity index (χ0n) is 15.8. The van der Waals surface area contributed by atoms with Crippen LogP contribution in [0.4, 0.5) is 0 Å². The van der Waals surface area contributed by atoms with E-state index in [1.165, 1.54) is 24.1 Å². The molecule has 0 atom stereocenters. The van der Waals surface area contributed by atoms with Gasteiger partial charge in [-0.25, -0.2) is 0 Å². The predicted molar refractivity (Wildman–Crippen MR) is 106 cm³/mol. The Morgan fingerprint density at radius 3 is 2.57 bits per heavy atom. The first-order chi connectivity index (χ1) is 13.8. The number of benzene rings is 1. The van der Waals surface area contributed by atoms with E-state index < -0.39 is 0 Å². The van der Waals surface area contributed by atoms with Crippen LogP contribution in [0.1, 0.15) is 30.5 Å². The molecule has 1 aliphatic rings. The Labute approximate surface area is 162 Å². The van der Waals surface area contributed by atoms with Crippen molar-refractivity contribution in [3.63, 3.8) is 0 Å². The molecule has 0 aliphatic heterocycles. The molecule has 7 nitrogen and oxygen atoms in total. The van der Waals surface area contributed by atoms with Crippen molar-refractivity contribution in [1.82, 2.24) is 35.4 Å². The summed E-state index contributed by atoms with van der Waals surface area (Å²) in [4.78, 5) is 5.15. The monoisotopic (exact) mass is 371 g/mol. The number of tetrazole rings is 1. The van der Waals surface area contributed by atoms with Crippen LogP contribution in [-0.2, 0) is 19.9 Å². The Bertz CT molecular complexity index is 1100. The highest BCUT2D eigenvalue weighted by molar-refractivity contribution is 5.91. The minimum absolute atomic E-state index is 0.564. The molecule has 0 spiro atoms. The molecule has 0 fully saturated rings. The van der Waals surface area contributed by atoms with Gasteiger partial charge in [0.2, 0.25) is 5.82 Å². The van der Waals surface area contributed by atoms with Gasteiger partial charge >= 0.3 is 0 Å². The number of nitrogens with zero attached hydrogens (tertiary/aromatic N) is 6. The lowest BCUT2D eigenvalue weighted by atomic mass is 9.90. The number of H-pyrrole nitrogens is 1. The molecule has 0 radical (unpaired) electrons. The zero-order valence-corrected chi connectivity index (χ0v) is 15.8. The van der Waals surface area contributed by atoms with Gasteiger partial charge in [-0.15, -0.1) is 10.2 Å². The van der Waals surface area contributed by atoms with Crippen LogP contribution in [0, 0.1) is 0 Å². The summed E-state index contributed by atoms with van der Waals surface area (Å²) in [6, 6.07) is 12.3. The molecule has 28 heavy (non-hydrogen) atoms. The lowest BCUT2D eigenvalue weighted by Gasteiger charge is -2.19. The normalized spacial score (nSPS) is 13.9. The molecule has 4 aromatic rings. The van der Waals surface area contributed by atoms with Crippen LogP contribution in [0.5, 0.6) is 0 Å². The first-order valence-electron chi connectivity index (χ1n) is 9.66. The van der Waals surface area contributed by atoms with Gasteiger partial charge in [0.25, 0.3) is 0 Å². The summed E-state index contributed by atoms with van der Waals surface area (Å²) >= 11 is 0. The molecule has 0 unspecified atom stereocenters. The molecular weight excluding hydrogens is 350 g/mol. The second kappa shape index (κ2) is 6.99. The van der Waals surface area contributed by atoms with Gasteiger partial charge < -0.3 is 0 Å². The van der Waals surface area contributed by atoms with Gasteiger partial charge in [0.1, 0.15) is 0 Å². The van der Waals surface area contributed by atoms with Crippen molar-refractivity contribution < 1.29 is 0 Å². The standard InChI is InChI=1S/C21H21N7/c1-28-17(12-13-22-28)18-15-10-6-3-7-11-16(15)23-20(14-8-4-2-5-9-14)19(18)21-24-26-27-25-21/h2,4-5,8-9,12-13H,3,6-7,10-11H2,1H3,(H,24,25,26,27). The number of fused-ring (bicyclic) bond motifs is 1. The fourth-order valence-electron chi connectivity index (χ4n) is 4.11. The molecule has 0 saturated heterocycles. The fraction of sp³-hybridized carbons (Fsp3) is 0.286. The fourth-order valence-corrected chi connectivity index (χ4v) is 4.11. The Morgan fingerprint density at radius 2 is 1.82 bits per heavy atom. The van der Waals surface area contributed by atoms with E-state index in [9.17, 15) is 0 Å². The van der Waals surface area contributed by atoms with E-state index in [0.717, 1.165) is 47.3 Å². The van der Waals surface area contributed by atoms with Crippen LogP contribution in [0.3, 0.4) is 0 Å². The average Bonchev–Trinajstić information content (AvgIpc) is 3.34. The molecule has 0 bridgehead atoms. The molecule has 140 valence electrons. The van der Waals surface area contributed by atoms with Gasteiger partial charge in [0, 0.05) is 30.1 Å². The van der Waals surface area contributed by atoms with Crippen molar-refractivity contribution in [3.05, 3.63) is 53.9 Å². The van der Waals surface area contributed by atoms with E-state index in [1.54, 1.807) is 0 Å². The number of aromatic amines is 1. The van der Waals surface area contributed by atoms with Crippen LogP contribution in [0.25, 0.3) is 33.9 Å². The van der Waals surface area contributed by atoms with Gasteiger partial charge in [-0.2, -0.15) is 10.3 Å². The second-order valence-corrected chi connectivity index (χ2v) is 7.14. The third kappa shape index (κ3) is 2.79. The summed E-state index contributed by atoms with van der Waals surface area (Å²) in [5.74, 6) is 0.564. The van der Waals surface area contributed by atoms with Crippen LogP contribution in [-0.4, -0.2) is 35.4 Å². The smallest absolute Gasteiger partial charge is 0.207 e. The highest BCUT2D eigenvalue weighted by Crippen LogP contribution is 2.42. The van der Waals surface area contributed by atoms with Gasteiger partial charge in [-0.05, 0) is 42.5 Å². The largest absolute Gasteiger partial charge is 0.268 e. The number of hydrogen-bond donors (Lipinski definition) is 1. The lowest BCUT2D eigenvalue weighted by molar-refractivity contribution is 0.708. The highest BCUT2D eigenvalue weighted by atomic mass is 15.5. The maximum absolute atomic E-state index is 5.15. The summed E-state index contributed by atoms with van der Waals surface area (Å²) in [6.07, 6.45) is 7.38. The maximum Gasteiger partial charge on any atom is 0.207 e. The van der Waals surface area contributed by atoms with Crippen molar-refractivity contribution in [2.75, 3.05) is 0 Å². The molecule has 0 saturated carbocycles. The van der Waals surface area contributed by atoms with Gasteiger partial charge in [0.05, 0.1) is 17.0 Å². The second-order valence-electron chi connectivity index (χ2n) is 7.14. The SMILES string of the molecule is Cn1nccc1-c1c2c(nc(-c3ccccc3)c1-c1nn[nH]n1)CCCCC2. The molecular formula is C21H21N7. The van der Waals surface area contributed by atoms with Crippen LogP contribution < -0.4 is 0 Å². The van der Waals surface area contributed by atoms with Crippen molar-refractivity contribution in [1.29, 1.82) is 0 Å². The molecule has 1 N–H and O–H groups in total. The number of hydrogen-bond acceptors (Lipinski definition) is 5. The minimum atomic E-state index is 0.564. The topological polar surface area (TPSA) is 85.2 Å². The van der Waals surface area contributed by atoms with E-state index in [0.29, 0.717) is 5.82 Å². The van der Waals surface area contributed by atoms with Crippen molar-refractivity contribution >= 4 is 0 Å². The maximum atomic E-state index is 5.15. The minimum Gasteiger partial charge on any atom is -0.268 e. The Hall–Kier alpha value is -3.35. The summed E-state index contributed by atoms with van der Waals surface area (Å²) in [6.45, 7) is 0. The molecule has 5 rings (SSSR count). The Balaban J connectivity index is 1.91. The van der Waals surface area contributed by atoms with E-state index >= 15 is 0 Å². The number of aromatic nitrogens is 7. The molecule has 7 heteroatoms. The number of rotatable bonds is 3. The zero-order chi connectivity index (χ0) is 18.9. The van der Waals surface area contributed by atoms with Crippen molar-refractivity contribution in [3.8, 4) is 33.9 Å². The predicted octanol–water partition coefficient (Wildman–Crippen LogP) is 3.60. The van der Waals surface area contributed by atoms with Gasteiger partial charge in [-0.1, -0.05) is 36.8 Å². The third-order valence-corrected chi connectivity index (χ3v) is 5.42. The lowest BCUT2D eigenvalue weighted by Crippen LogP contribution is -2.07. The third-order valence-electron chi connectivity index (χ3n) is 5.42.